The first kappa shape index (κ1) is 57.9. The van der Waals surface area contributed by atoms with Crippen LogP contribution in [0.3, 0.4) is 0 Å². The van der Waals surface area contributed by atoms with Crippen molar-refractivity contribution in [3.05, 3.63) is 146 Å². The van der Waals surface area contributed by atoms with E-state index >= 15 is 0 Å². The lowest BCUT2D eigenvalue weighted by molar-refractivity contribution is -0.870. The number of carbonyl (C=O) groups is 2. The zero-order valence-electron chi connectivity index (χ0n) is 38.7. The van der Waals surface area contributed by atoms with E-state index in [1.54, 1.807) is 0 Å². The molecule has 0 radical (unpaired) electrons. The molecule has 0 saturated carbocycles. The lowest BCUT2D eigenvalue weighted by Gasteiger charge is -2.28. The van der Waals surface area contributed by atoms with E-state index in [-0.39, 0.29) is 26.1 Å². The zero-order valence-corrected chi connectivity index (χ0v) is 39.6. The SMILES string of the molecule is CC/C=C/C/C=C/C/C=C/C/C=C/C/C=C/C/C=C/CCC(=O)OCC(COP(=O)([O-])OCC[N+](C)(C)C)OC(=O)CC/C=C/C/C=C/C/C=C/C/C=C/C/C=C/C/C=C/CC. The summed E-state index contributed by atoms with van der Waals surface area (Å²) in [5.74, 6) is -1.05. The molecule has 0 heterocycles. The van der Waals surface area contributed by atoms with Gasteiger partial charge < -0.3 is 27.9 Å². The van der Waals surface area contributed by atoms with E-state index in [0.29, 0.717) is 23.9 Å². The molecular formula is C52H80NO8P. The van der Waals surface area contributed by atoms with Gasteiger partial charge in [0.2, 0.25) is 0 Å². The number of nitrogens with zero attached hydrogens (tertiary/aromatic N) is 1. The minimum Gasteiger partial charge on any atom is -0.756 e. The van der Waals surface area contributed by atoms with Crippen molar-refractivity contribution in [2.24, 2.45) is 0 Å². The fourth-order valence-electron chi connectivity index (χ4n) is 4.94. The Morgan fingerprint density at radius 1 is 0.484 bits per heavy atom. The maximum absolute atomic E-state index is 12.7. The summed E-state index contributed by atoms with van der Waals surface area (Å²) in [7, 11) is 1.05. The molecule has 0 aliphatic carbocycles. The van der Waals surface area contributed by atoms with Crippen LogP contribution in [0.2, 0.25) is 0 Å². The van der Waals surface area contributed by atoms with Gasteiger partial charge in [-0.15, -0.1) is 0 Å². The number of quaternary nitrogens is 1. The van der Waals surface area contributed by atoms with Crippen LogP contribution in [0.5, 0.6) is 0 Å². The highest BCUT2D eigenvalue weighted by molar-refractivity contribution is 7.45. The molecule has 0 rings (SSSR count). The van der Waals surface area contributed by atoms with Gasteiger partial charge in [0.15, 0.2) is 6.10 Å². The summed E-state index contributed by atoms with van der Waals surface area (Å²) in [5, 5.41) is 0. The topological polar surface area (TPSA) is 111 Å². The molecule has 2 unspecified atom stereocenters. The Morgan fingerprint density at radius 2 is 0.806 bits per heavy atom. The van der Waals surface area contributed by atoms with Crippen molar-refractivity contribution < 1.29 is 42.1 Å². The zero-order chi connectivity index (χ0) is 45.7. The average Bonchev–Trinajstić information content (AvgIpc) is 3.23. The van der Waals surface area contributed by atoms with Gasteiger partial charge in [-0.2, -0.15) is 0 Å². The molecule has 62 heavy (non-hydrogen) atoms. The van der Waals surface area contributed by atoms with Crippen molar-refractivity contribution in [2.45, 2.75) is 123 Å². The number of hydrogen-bond acceptors (Lipinski definition) is 8. The Kier molecular flexibility index (Phi) is 39.4. The van der Waals surface area contributed by atoms with E-state index in [2.05, 4.69) is 135 Å². The van der Waals surface area contributed by atoms with E-state index in [9.17, 15) is 19.0 Å². The number of esters is 2. The molecule has 346 valence electrons. The van der Waals surface area contributed by atoms with Gasteiger partial charge in [-0.1, -0.05) is 160 Å². The van der Waals surface area contributed by atoms with Gasteiger partial charge in [0.05, 0.1) is 27.7 Å². The molecule has 0 saturated heterocycles. The van der Waals surface area contributed by atoms with Gasteiger partial charge >= 0.3 is 11.9 Å². The fraction of sp³-hybridized carbons (Fsp3) is 0.500. The normalized spacial score (nSPS) is 14.9. The highest BCUT2D eigenvalue weighted by Crippen LogP contribution is 2.38. The summed E-state index contributed by atoms with van der Waals surface area (Å²) in [6.07, 6.45) is 62.0. The highest BCUT2D eigenvalue weighted by Gasteiger charge is 2.21. The first-order chi connectivity index (χ1) is 30.0. The van der Waals surface area contributed by atoms with Crippen molar-refractivity contribution in [2.75, 3.05) is 47.5 Å². The Balaban J connectivity index is 4.63. The number of allylic oxidation sites excluding steroid dienone is 24. The van der Waals surface area contributed by atoms with Gasteiger partial charge in [0.1, 0.15) is 19.8 Å². The second kappa shape index (κ2) is 42.2. The lowest BCUT2D eigenvalue weighted by Crippen LogP contribution is -2.37. The minimum absolute atomic E-state index is 0.0652. The first-order valence-corrected chi connectivity index (χ1v) is 24.0. The van der Waals surface area contributed by atoms with E-state index < -0.39 is 32.5 Å². The molecule has 0 aromatic carbocycles. The van der Waals surface area contributed by atoms with Crippen LogP contribution in [0.4, 0.5) is 0 Å². The first-order valence-electron chi connectivity index (χ1n) is 22.5. The molecule has 10 heteroatoms. The van der Waals surface area contributed by atoms with Crippen molar-refractivity contribution >= 4 is 19.8 Å². The molecule has 0 N–H and O–H groups in total. The molecule has 0 spiro atoms. The van der Waals surface area contributed by atoms with Crippen molar-refractivity contribution in [3.63, 3.8) is 0 Å². The number of phosphoric ester groups is 1. The van der Waals surface area contributed by atoms with Crippen molar-refractivity contribution in [1.82, 2.24) is 0 Å². The quantitative estimate of drug-likeness (QED) is 0.0261. The Bertz CT molecular complexity index is 1550. The lowest BCUT2D eigenvalue weighted by atomic mass is 10.2. The summed E-state index contributed by atoms with van der Waals surface area (Å²) in [6.45, 7) is 3.78. The van der Waals surface area contributed by atoms with Crippen LogP contribution in [-0.2, 0) is 32.7 Å². The molecule has 0 aliphatic heterocycles. The average molecular weight is 878 g/mol. The van der Waals surface area contributed by atoms with Crippen LogP contribution < -0.4 is 4.89 Å². The second-order valence-corrected chi connectivity index (χ2v) is 16.7. The van der Waals surface area contributed by atoms with Crippen LogP contribution >= 0.6 is 7.82 Å². The molecular weight excluding hydrogens is 798 g/mol. The molecule has 9 nitrogen and oxygen atoms in total. The van der Waals surface area contributed by atoms with E-state index in [0.717, 1.165) is 77.0 Å². The third kappa shape index (κ3) is 45.4. The van der Waals surface area contributed by atoms with Crippen LogP contribution in [0.15, 0.2) is 146 Å². The molecule has 0 aromatic rings. The van der Waals surface area contributed by atoms with Crippen molar-refractivity contribution in [3.8, 4) is 0 Å². The minimum atomic E-state index is -4.68. The van der Waals surface area contributed by atoms with Crippen LogP contribution in [0.1, 0.15) is 117 Å². The standard InChI is InChI=1S/C52H80NO8P/c1-6-8-10-12-14-16-18-20-22-24-26-28-30-32-34-36-38-40-42-44-51(54)58-48-50(49-60-62(56,57)59-47-46-53(3,4)5)61-52(55)45-43-41-39-37-35-33-31-29-27-25-23-21-19-17-15-13-11-9-7-2/h8-11,14-17,20-23,26-29,32-35,38-41,50H,6-7,12-13,18-19,24-25,30-31,36-37,42-49H2,1-5H3/b10-8+,11-9+,16-14+,17-15+,22-20+,23-21+,28-26+,29-27+,34-32+,35-33+,40-38+,41-39+. The number of hydrogen-bond donors (Lipinski definition) is 0. The predicted octanol–water partition coefficient (Wildman–Crippen LogP) is 12.6. The number of likely N-dealkylation sites (N-methyl/N-ethyl adjacent to an activating group) is 1. The van der Waals surface area contributed by atoms with E-state index in [1.165, 1.54) is 0 Å². The van der Waals surface area contributed by atoms with Gasteiger partial charge in [0.25, 0.3) is 7.82 Å². The van der Waals surface area contributed by atoms with Gasteiger partial charge in [-0.3, -0.25) is 14.2 Å². The van der Waals surface area contributed by atoms with Crippen molar-refractivity contribution in [1.29, 1.82) is 0 Å². The third-order valence-corrected chi connectivity index (χ3v) is 9.35. The molecule has 0 aromatic heterocycles. The number of carbonyl (C=O) groups excluding carboxylic acids is 2. The molecule has 2 atom stereocenters. The van der Waals surface area contributed by atoms with Gasteiger partial charge in [-0.25, -0.2) is 0 Å². The third-order valence-electron chi connectivity index (χ3n) is 8.38. The molecule has 0 aliphatic rings. The Labute approximate surface area is 376 Å². The molecule has 0 fully saturated rings. The number of rotatable bonds is 38. The van der Waals surface area contributed by atoms with Crippen LogP contribution in [-0.4, -0.2) is 70.0 Å². The smallest absolute Gasteiger partial charge is 0.306 e. The summed E-state index contributed by atoms with van der Waals surface area (Å²) in [6, 6.07) is 0. The Morgan fingerprint density at radius 3 is 1.15 bits per heavy atom. The Hall–Kier alpha value is -4.11. The van der Waals surface area contributed by atoms with E-state index in [1.807, 2.05) is 45.4 Å². The fourth-order valence-corrected chi connectivity index (χ4v) is 5.67. The molecule has 0 bridgehead atoms. The van der Waals surface area contributed by atoms with E-state index in [4.69, 9.17) is 18.5 Å². The number of ether oxygens (including phenoxy) is 2. The van der Waals surface area contributed by atoms with Gasteiger partial charge in [-0.05, 0) is 89.9 Å². The predicted molar refractivity (Wildman–Crippen MR) is 258 cm³/mol. The summed E-state index contributed by atoms with van der Waals surface area (Å²) < 4.78 is 33.7. The maximum Gasteiger partial charge on any atom is 0.306 e. The summed E-state index contributed by atoms with van der Waals surface area (Å²) in [5.41, 5.74) is 0. The second-order valence-electron chi connectivity index (χ2n) is 15.3. The molecule has 0 amide bonds. The largest absolute Gasteiger partial charge is 0.756 e. The van der Waals surface area contributed by atoms with Crippen LogP contribution in [0, 0.1) is 0 Å². The summed E-state index contributed by atoms with van der Waals surface area (Å²) in [4.78, 5) is 37.5. The van der Waals surface area contributed by atoms with Gasteiger partial charge in [0, 0.05) is 12.8 Å². The van der Waals surface area contributed by atoms with Crippen LogP contribution in [0.25, 0.3) is 0 Å². The summed E-state index contributed by atoms with van der Waals surface area (Å²) >= 11 is 0. The highest BCUT2D eigenvalue weighted by atomic mass is 31.2. The monoisotopic (exact) mass is 878 g/mol. The number of phosphoric acid groups is 1. The maximum atomic E-state index is 12.7.